The van der Waals surface area contributed by atoms with E-state index in [0.29, 0.717) is 0 Å². The highest BCUT2D eigenvalue weighted by atomic mass is 16.5. The van der Waals surface area contributed by atoms with Crippen LogP contribution in [0.15, 0.2) is 42.5 Å². The van der Waals surface area contributed by atoms with E-state index in [0.717, 1.165) is 11.7 Å². The van der Waals surface area contributed by atoms with E-state index >= 15 is 0 Å². The Morgan fingerprint density at radius 1 is 1.17 bits per heavy atom. The maximum Gasteiger partial charge on any atom is 0.120 e. The average molecular weight is 244 g/mol. The maximum absolute atomic E-state index is 5.82. The van der Waals surface area contributed by atoms with Crippen LogP contribution in [0.5, 0.6) is 5.75 Å². The second kappa shape index (κ2) is 7.25. The minimum Gasteiger partial charge on any atom is -0.487 e. The number of ether oxygens (including phenoxy) is 1. The smallest absolute Gasteiger partial charge is 0.120 e. The van der Waals surface area contributed by atoms with Crippen LogP contribution in [-0.4, -0.2) is 6.10 Å². The van der Waals surface area contributed by atoms with E-state index in [1.807, 2.05) is 30.3 Å². The van der Waals surface area contributed by atoms with E-state index in [1.54, 1.807) is 0 Å². The summed E-state index contributed by atoms with van der Waals surface area (Å²) in [6.45, 7) is 2.10. The Balaban J connectivity index is 1.71. The molecule has 1 aromatic rings. The molecule has 0 saturated heterocycles. The second-order valence-electron chi connectivity index (χ2n) is 5.30. The van der Waals surface area contributed by atoms with Gasteiger partial charge in [0.2, 0.25) is 0 Å². The summed E-state index contributed by atoms with van der Waals surface area (Å²) in [5.74, 6) is 1.87. The van der Waals surface area contributed by atoms with Gasteiger partial charge in [-0.2, -0.15) is 0 Å². The zero-order valence-corrected chi connectivity index (χ0v) is 11.3. The van der Waals surface area contributed by atoms with Crippen molar-refractivity contribution in [3.05, 3.63) is 42.5 Å². The first-order valence-corrected chi connectivity index (χ1v) is 7.23. The minimum atomic E-state index is 0.163. The number of rotatable bonds is 5. The molecule has 1 aromatic carbocycles. The molecule has 98 valence electrons. The molecule has 1 nitrogen and oxygen atoms in total. The second-order valence-corrected chi connectivity index (χ2v) is 5.30. The van der Waals surface area contributed by atoms with Crippen molar-refractivity contribution in [3.8, 4) is 5.75 Å². The molecule has 1 aliphatic carbocycles. The summed E-state index contributed by atoms with van der Waals surface area (Å²) in [5.41, 5.74) is 0. The lowest BCUT2D eigenvalue weighted by Gasteiger charge is -2.20. The van der Waals surface area contributed by atoms with Gasteiger partial charge in [-0.25, -0.2) is 0 Å². The van der Waals surface area contributed by atoms with Gasteiger partial charge in [-0.3, -0.25) is 0 Å². The highest BCUT2D eigenvalue weighted by Crippen LogP contribution is 2.26. The SMILES string of the molecule is CC(/C=C/CC1CCCCC1)Oc1ccccc1. The summed E-state index contributed by atoms with van der Waals surface area (Å²) >= 11 is 0. The Labute approximate surface area is 111 Å². The van der Waals surface area contributed by atoms with Crippen LogP contribution in [0.3, 0.4) is 0 Å². The first-order chi connectivity index (χ1) is 8.84. The van der Waals surface area contributed by atoms with E-state index < -0.39 is 0 Å². The fourth-order valence-corrected chi connectivity index (χ4v) is 2.64. The molecular formula is C17H24O. The Morgan fingerprint density at radius 2 is 1.89 bits per heavy atom. The van der Waals surface area contributed by atoms with Gasteiger partial charge < -0.3 is 4.74 Å². The zero-order chi connectivity index (χ0) is 12.6. The van der Waals surface area contributed by atoms with Crippen LogP contribution in [0.2, 0.25) is 0 Å². The molecule has 1 saturated carbocycles. The summed E-state index contributed by atoms with van der Waals surface area (Å²) in [6, 6.07) is 10.0. The molecule has 1 unspecified atom stereocenters. The quantitative estimate of drug-likeness (QED) is 0.664. The van der Waals surface area contributed by atoms with Crippen LogP contribution in [-0.2, 0) is 0 Å². The predicted octanol–water partition coefficient (Wildman–Crippen LogP) is 4.98. The van der Waals surface area contributed by atoms with Gasteiger partial charge in [0.25, 0.3) is 0 Å². The number of benzene rings is 1. The lowest BCUT2D eigenvalue weighted by atomic mass is 9.87. The van der Waals surface area contributed by atoms with Gasteiger partial charge in [0.1, 0.15) is 11.9 Å². The monoisotopic (exact) mass is 244 g/mol. The van der Waals surface area contributed by atoms with Crippen LogP contribution >= 0.6 is 0 Å². The molecule has 1 atom stereocenters. The van der Waals surface area contributed by atoms with E-state index in [9.17, 15) is 0 Å². The number of hydrogen-bond acceptors (Lipinski definition) is 1. The third kappa shape index (κ3) is 4.56. The third-order valence-electron chi connectivity index (χ3n) is 3.67. The molecule has 2 rings (SSSR count). The van der Waals surface area contributed by atoms with Crippen molar-refractivity contribution < 1.29 is 4.74 Å². The van der Waals surface area contributed by atoms with Crippen molar-refractivity contribution in [2.75, 3.05) is 0 Å². The molecule has 1 aliphatic rings. The average Bonchev–Trinajstić information content (AvgIpc) is 2.41. The molecular weight excluding hydrogens is 220 g/mol. The molecule has 0 aliphatic heterocycles. The summed E-state index contributed by atoms with van der Waals surface area (Å²) in [5, 5.41) is 0. The molecule has 1 fully saturated rings. The van der Waals surface area contributed by atoms with Gasteiger partial charge in [-0.05, 0) is 37.5 Å². The normalized spacial score (nSPS) is 18.9. The van der Waals surface area contributed by atoms with E-state index in [-0.39, 0.29) is 6.10 Å². The first-order valence-electron chi connectivity index (χ1n) is 7.23. The fraction of sp³-hybridized carbons (Fsp3) is 0.529. The van der Waals surface area contributed by atoms with Crippen LogP contribution in [0.4, 0.5) is 0 Å². The van der Waals surface area contributed by atoms with E-state index in [2.05, 4.69) is 19.1 Å². The van der Waals surface area contributed by atoms with E-state index in [1.165, 1.54) is 38.5 Å². The predicted molar refractivity (Wildman–Crippen MR) is 76.9 cm³/mol. The summed E-state index contributed by atoms with van der Waals surface area (Å²) in [7, 11) is 0. The van der Waals surface area contributed by atoms with Gasteiger partial charge in [0, 0.05) is 0 Å². The standard InChI is InChI=1S/C17H24O/c1-15(18-17-13-6-3-7-14-17)9-8-12-16-10-4-2-5-11-16/h3,6-9,13-16H,2,4-5,10-12H2,1H3/b9-8+. The van der Waals surface area contributed by atoms with Gasteiger partial charge >= 0.3 is 0 Å². The van der Waals surface area contributed by atoms with Crippen molar-refractivity contribution in [3.63, 3.8) is 0 Å². The molecule has 0 heterocycles. The van der Waals surface area contributed by atoms with Crippen molar-refractivity contribution in [2.45, 2.75) is 51.6 Å². The van der Waals surface area contributed by atoms with Crippen LogP contribution < -0.4 is 4.74 Å². The Kier molecular flexibility index (Phi) is 5.32. The highest BCUT2D eigenvalue weighted by Gasteiger charge is 2.11. The summed E-state index contributed by atoms with van der Waals surface area (Å²) < 4.78 is 5.82. The fourth-order valence-electron chi connectivity index (χ4n) is 2.64. The molecule has 0 aromatic heterocycles. The van der Waals surface area contributed by atoms with Crippen LogP contribution in [0, 0.1) is 5.92 Å². The van der Waals surface area contributed by atoms with Crippen molar-refractivity contribution in [1.82, 2.24) is 0 Å². The van der Waals surface area contributed by atoms with Crippen LogP contribution in [0.25, 0.3) is 0 Å². The molecule has 0 N–H and O–H groups in total. The molecule has 0 spiro atoms. The summed E-state index contributed by atoms with van der Waals surface area (Å²) in [4.78, 5) is 0. The molecule has 1 heteroatoms. The number of para-hydroxylation sites is 1. The molecule has 18 heavy (non-hydrogen) atoms. The minimum absolute atomic E-state index is 0.163. The topological polar surface area (TPSA) is 9.23 Å². The van der Waals surface area contributed by atoms with E-state index in [4.69, 9.17) is 4.74 Å². The van der Waals surface area contributed by atoms with Crippen LogP contribution in [0.1, 0.15) is 45.4 Å². The lowest BCUT2D eigenvalue weighted by molar-refractivity contribution is 0.268. The lowest BCUT2D eigenvalue weighted by Crippen LogP contribution is -2.09. The Morgan fingerprint density at radius 3 is 2.61 bits per heavy atom. The number of hydrogen-bond donors (Lipinski definition) is 0. The Hall–Kier alpha value is -1.24. The Bertz CT molecular complexity index is 349. The largest absolute Gasteiger partial charge is 0.487 e. The highest BCUT2D eigenvalue weighted by molar-refractivity contribution is 5.21. The van der Waals surface area contributed by atoms with Gasteiger partial charge in [-0.15, -0.1) is 0 Å². The third-order valence-corrected chi connectivity index (χ3v) is 3.67. The van der Waals surface area contributed by atoms with Crippen molar-refractivity contribution in [1.29, 1.82) is 0 Å². The molecule has 0 bridgehead atoms. The maximum atomic E-state index is 5.82. The first kappa shape index (κ1) is 13.2. The van der Waals surface area contributed by atoms with Crippen molar-refractivity contribution >= 4 is 0 Å². The zero-order valence-electron chi connectivity index (χ0n) is 11.3. The molecule has 0 amide bonds. The van der Waals surface area contributed by atoms with Gasteiger partial charge in [0.05, 0.1) is 0 Å². The number of allylic oxidation sites excluding steroid dienone is 1. The van der Waals surface area contributed by atoms with Gasteiger partial charge in [-0.1, -0.05) is 56.4 Å². The summed E-state index contributed by atoms with van der Waals surface area (Å²) in [6.07, 6.45) is 13.0. The van der Waals surface area contributed by atoms with Gasteiger partial charge in [0.15, 0.2) is 0 Å². The van der Waals surface area contributed by atoms with Crippen molar-refractivity contribution in [2.24, 2.45) is 5.92 Å². The molecule has 0 radical (unpaired) electrons.